The summed E-state index contributed by atoms with van der Waals surface area (Å²) in [5, 5.41) is 5.59. The Morgan fingerprint density at radius 1 is 1.22 bits per heavy atom. The van der Waals surface area contributed by atoms with Crippen LogP contribution in [-0.4, -0.2) is 30.4 Å². The van der Waals surface area contributed by atoms with Crippen LogP contribution in [0.2, 0.25) is 0 Å². The number of carbonyl (C=O) groups excluding carboxylic acids is 3. The van der Waals surface area contributed by atoms with Gasteiger partial charge in [0.15, 0.2) is 6.10 Å². The number of carbonyl (C=O) groups is 3. The van der Waals surface area contributed by atoms with E-state index in [0.29, 0.717) is 41.3 Å². The van der Waals surface area contributed by atoms with Crippen LogP contribution in [0.3, 0.4) is 0 Å². The van der Waals surface area contributed by atoms with Crippen molar-refractivity contribution in [2.24, 2.45) is 0 Å². The molecule has 2 aromatic carbocycles. The minimum absolute atomic E-state index is 0.0259. The molecule has 1 atom stereocenters. The first-order valence-corrected chi connectivity index (χ1v) is 8.85. The third kappa shape index (κ3) is 3.23. The van der Waals surface area contributed by atoms with Gasteiger partial charge in [-0.25, -0.2) is 0 Å². The Morgan fingerprint density at radius 2 is 2.04 bits per heavy atom. The molecule has 2 heterocycles. The van der Waals surface area contributed by atoms with E-state index in [1.54, 1.807) is 48.2 Å². The number of benzene rings is 2. The first-order chi connectivity index (χ1) is 13.0. The van der Waals surface area contributed by atoms with Gasteiger partial charge in [0, 0.05) is 18.7 Å². The highest BCUT2D eigenvalue weighted by molar-refractivity contribution is 6.11. The molecule has 27 heavy (non-hydrogen) atoms. The molecule has 1 fully saturated rings. The third-order valence-corrected chi connectivity index (χ3v) is 4.68. The molecule has 138 valence electrons. The fraction of sp³-hybridized carbons (Fsp3) is 0.250. The van der Waals surface area contributed by atoms with E-state index in [1.807, 2.05) is 6.07 Å². The summed E-state index contributed by atoms with van der Waals surface area (Å²) in [5.74, 6) is 0.0340. The molecule has 2 N–H and O–H groups in total. The van der Waals surface area contributed by atoms with E-state index in [0.717, 1.165) is 6.42 Å². The minimum atomic E-state index is -0.553. The molecule has 2 aliphatic heterocycles. The second-order valence-electron chi connectivity index (χ2n) is 6.58. The van der Waals surface area contributed by atoms with E-state index >= 15 is 0 Å². The molecule has 7 heteroatoms. The average Bonchev–Trinajstić information content (AvgIpc) is 3.08. The van der Waals surface area contributed by atoms with Crippen LogP contribution in [0.4, 0.5) is 17.1 Å². The first kappa shape index (κ1) is 17.1. The van der Waals surface area contributed by atoms with Gasteiger partial charge >= 0.3 is 0 Å². The van der Waals surface area contributed by atoms with E-state index < -0.39 is 6.10 Å². The lowest BCUT2D eigenvalue weighted by molar-refractivity contribution is -0.122. The van der Waals surface area contributed by atoms with Crippen molar-refractivity contribution in [1.82, 2.24) is 0 Å². The van der Waals surface area contributed by atoms with Gasteiger partial charge in [0.05, 0.1) is 16.9 Å². The molecule has 2 aliphatic rings. The summed E-state index contributed by atoms with van der Waals surface area (Å²) in [7, 11) is 0. The number of nitrogens with zero attached hydrogens (tertiary/aromatic N) is 1. The fourth-order valence-corrected chi connectivity index (χ4v) is 3.29. The van der Waals surface area contributed by atoms with Gasteiger partial charge in [-0.1, -0.05) is 12.1 Å². The Morgan fingerprint density at radius 3 is 2.81 bits per heavy atom. The van der Waals surface area contributed by atoms with E-state index in [9.17, 15) is 14.4 Å². The number of rotatable bonds is 3. The highest BCUT2D eigenvalue weighted by Gasteiger charge is 2.26. The van der Waals surface area contributed by atoms with E-state index in [2.05, 4.69) is 10.6 Å². The summed E-state index contributed by atoms with van der Waals surface area (Å²) in [4.78, 5) is 38.3. The number of anilines is 3. The molecule has 0 aliphatic carbocycles. The monoisotopic (exact) mass is 365 g/mol. The average molecular weight is 365 g/mol. The molecular formula is C20H19N3O4. The van der Waals surface area contributed by atoms with Gasteiger partial charge < -0.3 is 20.3 Å². The van der Waals surface area contributed by atoms with Crippen molar-refractivity contribution in [3.8, 4) is 5.75 Å². The number of amides is 3. The summed E-state index contributed by atoms with van der Waals surface area (Å²) in [6.07, 6.45) is 0.735. The molecule has 4 rings (SSSR count). The zero-order valence-electron chi connectivity index (χ0n) is 14.8. The fourth-order valence-electron chi connectivity index (χ4n) is 3.29. The molecule has 1 saturated heterocycles. The van der Waals surface area contributed by atoms with Crippen molar-refractivity contribution in [1.29, 1.82) is 0 Å². The maximum atomic E-state index is 12.8. The second kappa shape index (κ2) is 6.75. The van der Waals surface area contributed by atoms with Crippen molar-refractivity contribution in [2.75, 3.05) is 22.1 Å². The van der Waals surface area contributed by atoms with Gasteiger partial charge in [-0.2, -0.15) is 0 Å². The normalized spacial score (nSPS) is 18.6. The summed E-state index contributed by atoms with van der Waals surface area (Å²) >= 11 is 0. The van der Waals surface area contributed by atoms with Crippen LogP contribution in [0.25, 0.3) is 0 Å². The van der Waals surface area contributed by atoms with Crippen molar-refractivity contribution in [3.63, 3.8) is 0 Å². The van der Waals surface area contributed by atoms with Crippen LogP contribution in [0.1, 0.15) is 30.1 Å². The minimum Gasteiger partial charge on any atom is -0.479 e. The zero-order chi connectivity index (χ0) is 19.0. The van der Waals surface area contributed by atoms with Gasteiger partial charge in [-0.15, -0.1) is 0 Å². The summed E-state index contributed by atoms with van der Waals surface area (Å²) < 4.78 is 5.52. The lowest BCUT2D eigenvalue weighted by Crippen LogP contribution is -2.34. The maximum absolute atomic E-state index is 12.8. The Kier molecular flexibility index (Phi) is 4.27. The van der Waals surface area contributed by atoms with Crippen molar-refractivity contribution < 1.29 is 19.1 Å². The van der Waals surface area contributed by atoms with Gasteiger partial charge in [0.1, 0.15) is 5.75 Å². The van der Waals surface area contributed by atoms with Crippen LogP contribution in [0.15, 0.2) is 42.5 Å². The summed E-state index contributed by atoms with van der Waals surface area (Å²) in [6.45, 7) is 2.29. The third-order valence-electron chi connectivity index (χ3n) is 4.68. The summed E-state index contributed by atoms with van der Waals surface area (Å²) in [5.41, 5.74) is 2.08. The quantitative estimate of drug-likeness (QED) is 0.876. The Bertz CT molecular complexity index is 941. The van der Waals surface area contributed by atoms with Gasteiger partial charge in [0.25, 0.3) is 11.8 Å². The van der Waals surface area contributed by atoms with Crippen LogP contribution in [0, 0.1) is 0 Å². The number of fused-ring (bicyclic) bond motifs is 1. The van der Waals surface area contributed by atoms with Gasteiger partial charge in [-0.05, 0) is 43.7 Å². The Labute approximate surface area is 156 Å². The molecule has 3 amide bonds. The van der Waals surface area contributed by atoms with Crippen molar-refractivity contribution in [2.45, 2.75) is 25.9 Å². The van der Waals surface area contributed by atoms with E-state index in [1.165, 1.54) is 0 Å². The highest BCUT2D eigenvalue weighted by Crippen LogP contribution is 2.33. The van der Waals surface area contributed by atoms with E-state index in [4.69, 9.17) is 4.74 Å². The van der Waals surface area contributed by atoms with Crippen molar-refractivity contribution in [3.05, 3.63) is 48.0 Å². The number of para-hydroxylation sites is 1. The van der Waals surface area contributed by atoms with E-state index in [-0.39, 0.29) is 17.7 Å². The van der Waals surface area contributed by atoms with Crippen LogP contribution in [0.5, 0.6) is 5.75 Å². The number of ether oxygens (including phenoxy) is 1. The largest absolute Gasteiger partial charge is 0.479 e. The number of hydrogen-bond acceptors (Lipinski definition) is 4. The predicted octanol–water partition coefficient (Wildman–Crippen LogP) is 2.79. The molecule has 7 nitrogen and oxygen atoms in total. The lowest BCUT2D eigenvalue weighted by atomic mass is 10.1. The van der Waals surface area contributed by atoms with Gasteiger partial charge in [0.2, 0.25) is 5.91 Å². The molecule has 0 radical (unpaired) electrons. The van der Waals surface area contributed by atoms with Gasteiger partial charge in [-0.3, -0.25) is 14.4 Å². The number of hydrogen-bond donors (Lipinski definition) is 2. The Balaban J connectivity index is 1.58. The molecule has 0 unspecified atom stereocenters. The van der Waals surface area contributed by atoms with Crippen LogP contribution >= 0.6 is 0 Å². The molecule has 0 bridgehead atoms. The number of nitrogens with one attached hydrogen (secondary N) is 2. The zero-order valence-corrected chi connectivity index (χ0v) is 14.8. The topological polar surface area (TPSA) is 87.7 Å². The molecule has 0 spiro atoms. The lowest BCUT2D eigenvalue weighted by Gasteiger charge is -2.24. The molecule has 0 saturated carbocycles. The molecular weight excluding hydrogens is 346 g/mol. The van der Waals surface area contributed by atoms with Crippen LogP contribution in [-0.2, 0) is 9.59 Å². The highest BCUT2D eigenvalue weighted by atomic mass is 16.5. The van der Waals surface area contributed by atoms with Crippen LogP contribution < -0.4 is 20.3 Å². The second-order valence-corrected chi connectivity index (χ2v) is 6.58. The predicted molar refractivity (Wildman–Crippen MR) is 101 cm³/mol. The standard InChI is InChI=1S/C20H19N3O4/c1-12-19(25)22-15-11-13(8-9-17(15)27-12)21-20(26)14-5-2-3-6-16(14)23-10-4-7-18(23)24/h2-3,5-6,8-9,11-12H,4,7,10H2,1H3,(H,21,26)(H,22,25)/t12-/m1/s1. The Hall–Kier alpha value is -3.35. The SMILES string of the molecule is C[C@H]1Oc2ccc(NC(=O)c3ccccc3N3CCCC3=O)cc2NC1=O. The van der Waals surface area contributed by atoms with Crippen molar-refractivity contribution >= 4 is 34.8 Å². The molecule has 0 aromatic heterocycles. The smallest absolute Gasteiger partial charge is 0.265 e. The maximum Gasteiger partial charge on any atom is 0.265 e. The summed E-state index contributed by atoms with van der Waals surface area (Å²) in [6, 6.07) is 12.1. The molecule has 2 aromatic rings. The first-order valence-electron chi connectivity index (χ1n) is 8.85.